The third kappa shape index (κ3) is 3.49. The predicted octanol–water partition coefficient (Wildman–Crippen LogP) is 2.31. The van der Waals surface area contributed by atoms with Gasteiger partial charge in [0.2, 0.25) is 11.8 Å². The number of nitrogens with one attached hydrogen (secondary N) is 1. The number of benzene rings is 1. The Morgan fingerprint density at radius 2 is 1.95 bits per heavy atom. The summed E-state index contributed by atoms with van der Waals surface area (Å²) in [6.07, 6.45) is 2.38. The largest absolute Gasteiger partial charge is 0.419 e. The van der Waals surface area contributed by atoms with Crippen LogP contribution in [-0.4, -0.2) is 40.8 Å². The van der Waals surface area contributed by atoms with E-state index in [2.05, 4.69) is 27.3 Å². The van der Waals surface area contributed by atoms with Gasteiger partial charge < -0.3 is 9.73 Å². The standard InChI is InChI=1S/C16H22N4O/c1-2-20(14-8-10-17-11-9-14)12-15-18-19-16(21-15)13-6-4-3-5-7-13/h3-7,14,17H,2,8-12H2,1H3. The first-order valence-corrected chi connectivity index (χ1v) is 7.69. The summed E-state index contributed by atoms with van der Waals surface area (Å²) < 4.78 is 5.81. The summed E-state index contributed by atoms with van der Waals surface area (Å²) in [5.74, 6) is 1.31. The SMILES string of the molecule is CCN(Cc1nnc(-c2ccccc2)o1)C1CCNCC1. The highest BCUT2D eigenvalue weighted by Gasteiger charge is 2.21. The Morgan fingerprint density at radius 1 is 1.19 bits per heavy atom. The lowest BCUT2D eigenvalue weighted by Gasteiger charge is -2.32. The van der Waals surface area contributed by atoms with Gasteiger partial charge in [-0.1, -0.05) is 25.1 Å². The fraction of sp³-hybridized carbons (Fsp3) is 0.500. The minimum Gasteiger partial charge on any atom is -0.419 e. The van der Waals surface area contributed by atoms with Crippen LogP contribution in [0.5, 0.6) is 0 Å². The maximum absolute atomic E-state index is 5.81. The van der Waals surface area contributed by atoms with Gasteiger partial charge in [-0.15, -0.1) is 10.2 Å². The highest BCUT2D eigenvalue weighted by atomic mass is 16.4. The molecule has 21 heavy (non-hydrogen) atoms. The monoisotopic (exact) mass is 286 g/mol. The van der Waals surface area contributed by atoms with Gasteiger partial charge in [0.1, 0.15) is 0 Å². The molecule has 0 aliphatic carbocycles. The van der Waals surface area contributed by atoms with Crippen LogP contribution in [0.4, 0.5) is 0 Å². The molecule has 0 spiro atoms. The van der Waals surface area contributed by atoms with Crippen molar-refractivity contribution in [1.82, 2.24) is 20.4 Å². The molecule has 0 unspecified atom stereocenters. The number of hydrogen-bond acceptors (Lipinski definition) is 5. The topological polar surface area (TPSA) is 54.2 Å². The second-order valence-electron chi connectivity index (χ2n) is 5.41. The smallest absolute Gasteiger partial charge is 0.247 e. The van der Waals surface area contributed by atoms with Crippen LogP contribution in [0.2, 0.25) is 0 Å². The van der Waals surface area contributed by atoms with Crippen LogP contribution < -0.4 is 5.32 Å². The molecule has 112 valence electrons. The molecule has 0 saturated carbocycles. The van der Waals surface area contributed by atoms with Crippen LogP contribution in [0.15, 0.2) is 34.7 Å². The Bertz CT molecular complexity index is 548. The fourth-order valence-electron chi connectivity index (χ4n) is 2.86. The minimum absolute atomic E-state index is 0.604. The average Bonchev–Trinajstić information content (AvgIpc) is 3.03. The molecule has 2 aromatic rings. The maximum atomic E-state index is 5.81. The van der Waals surface area contributed by atoms with Crippen molar-refractivity contribution >= 4 is 0 Å². The molecule has 3 rings (SSSR count). The summed E-state index contributed by atoms with van der Waals surface area (Å²) in [5, 5.41) is 11.8. The van der Waals surface area contributed by atoms with Gasteiger partial charge in [-0.2, -0.15) is 0 Å². The second kappa shape index (κ2) is 6.83. The molecule has 5 nitrogen and oxygen atoms in total. The highest BCUT2D eigenvalue weighted by molar-refractivity contribution is 5.51. The van der Waals surface area contributed by atoms with Crippen molar-refractivity contribution in [3.8, 4) is 11.5 Å². The number of hydrogen-bond donors (Lipinski definition) is 1. The van der Waals surface area contributed by atoms with Crippen molar-refractivity contribution in [3.05, 3.63) is 36.2 Å². The molecule has 1 N–H and O–H groups in total. The van der Waals surface area contributed by atoms with E-state index in [9.17, 15) is 0 Å². The lowest BCUT2D eigenvalue weighted by molar-refractivity contribution is 0.149. The molecule has 0 bridgehead atoms. The van der Waals surface area contributed by atoms with Crippen LogP contribution in [0, 0.1) is 0 Å². The fourth-order valence-corrected chi connectivity index (χ4v) is 2.86. The minimum atomic E-state index is 0.604. The van der Waals surface area contributed by atoms with Gasteiger partial charge >= 0.3 is 0 Å². The molecule has 0 atom stereocenters. The normalized spacial score (nSPS) is 16.5. The van der Waals surface area contributed by atoms with E-state index in [1.807, 2.05) is 30.3 Å². The first-order valence-electron chi connectivity index (χ1n) is 7.69. The molecule has 5 heteroatoms. The summed E-state index contributed by atoms with van der Waals surface area (Å²) in [6, 6.07) is 10.5. The molecular weight excluding hydrogens is 264 g/mol. The number of rotatable bonds is 5. The number of nitrogens with zero attached hydrogens (tertiary/aromatic N) is 3. The summed E-state index contributed by atoms with van der Waals surface area (Å²) in [4.78, 5) is 2.43. The maximum Gasteiger partial charge on any atom is 0.247 e. The van der Waals surface area contributed by atoms with Crippen molar-refractivity contribution in [1.29, 1.82) is 0 Å². The zero-order valence-electron chi connectivity index (χ0n) is 12.5. The Labute approximate surface area is 125 Å². The van der Waals surface area contributed by atoms with E-state index in [1.54, 1.807) is 0 Å². The quantitative estimate of drug-likeness (QED) is 0.914. The van der Waals surface area contributed by atoms with Crippen LogP contribution in [0.3, 0.4) is 0 Å². The first kappa shape index (κ1) is 14.2. The van der Waals surface area contributed by atoms with E-state index in [0.717, 1.165) is 31.7 Å². The average molecular weight is 286 g/mol. The van der Waals surface area contributed by atoms with Crippen LogP contribution in [-0.2, 0) is 6.54 Å². The molecule has 1 aliphatic heterocycles. The Hall–Kier alpha value is -1.72. The zero-order chi connectivity index (χ0) is 14.5. The van der Waals surface area contributed by atoms with Crippen LogP contribution in [0.25, 0.3) is 11.5 Å². The summed E-state index contributed by atoms with van der Waals surface area (Å²) in [5.41, 5.74) is 0.973. The Morgan fingerprint density at radius 3 is 2.67 bits per heavy atom. The van der Waals surface area contributed by atoms with Gasteiger partial charge in [0.15, 0.2) is 0 Å². The second-order valence-corrected chi connectivity index (χ2v) is 5.41. The van der Waals surface area contributed by atoms with Crippen molar-refractivity contribution < 1.29 is 4.42 Å². The Balaban J connectivity index is 1.68. The molecule has 1 fully saturated rings. The number of piperidine rings is 1. The van der Waals surface area contributed by atoms with Gasteiger partial charge in [0.25, 0.3) is 0 Å². The molecular formula is C16H22N4O. The van der Waals surface area contributed by atoms with E-state index in [0.29, 0.717) is 17.8 Å². The van der Waals surface area contributed by atoms with Crippen molar-refractivity contribution in [2.45, 2.75) is 32.4 Å². The van der Waals surface area contributed by atoms with Crippen molar-refractivity contribution in [2.24, 2.45) is 0 Å². The third-order valence-corrected chi connectivity index (χ3v) is 4.06. The van der Waals surface area contributed by atoms with Crippen molar-refractivity contribution in [3.63, 3.8) is 0 Å². The third-order valence-electron chi connectivity index (χ3n) is 4.06. The molecule has 0 amide bonds. The van der Waals surface area contributed by atoms with E-state index < -0.39 is 0 Å². The lowest BCUT2D eigenvalue weighted by atomic mass is 10.0. The lowest BCUT2D eigenvalue weighted by Crippen LogP contribution is -2.42. The van der Waals surface area contributed by atoms with E-state index in [1.165, 1.54) is 12.8 Å². The molecule has 1 saturated heterocycles. The van der Waals surface area contributed by atoms with Gasteiger partial charge in [-0.25, -0.2) is 0 Å². The van der Waals surface area contributed by atoms with E-state index in [-0.39, 0.29) is 0 Å². The van der Waals surface area contributed by atoms with Crippen LogP contribution >= 0.6 is 0 Å². The van der Waals surface area contributed by atoms with Gasteiger partial charge in [-0.05, 0) is 44.6 Å². The summed E-state index contributed by atoms with van der Waals surface area (Å²) in [6.45, 7) is 6.13. The summed E-state index contributed by atoms with van der Waals surface area (Å²) in [7, 11) is 0. The molecule has 1 aromatic heterocycles. The summed E-state index contributed by atoms with van der Waals surface area (Å²) >= 11 is 0. The van der Waals surface area contributed by atoms with Gasteiger partial charge in [-0.3, -0.25) is 4.90 Å². The van der Waals surface area contributed by atoms with E-state index in [4.69, 9.17) is 4.42 Å². The number of aromatic nitrogens is 2. The predicted molar refractivity (Wildman–Crippen MR) is 81.7 cm³/mol. The van der Waals surface area contributed by atoms with Gasteiger partial charge in [0, 0.05) is 11.6 Å². The first-order chi connectivity index (χ1) is 10.4. The molecule has 1 aromatic carbocycles. The van der Waals surface area contributed by atoms with Crippen LogP contribution in [0.1, 0.15) is 25.7 Å². The van der Waals surface area contributed by atoms with Crippen molar-refractivity contribution in [2.75, 3.05) is 19.6 Å². The molecule has 1 aliphatic rings. The molecule has 0 radical (unpaired) electrons. The van der Waals surface area contributed by atoms with E-state index >= 15 is 0 Å². The zero-order valence-corrected chi connectivity index (χ0v) is 12.5. The van der Waals surface area contributed by atoms with Gasteiger partial charge in [0.05, 0.1) is 6.54 Å². The Kier molecular flexibility index (Phi) is 4.62. The highest BCUT2D eigenvalue weighted by Crippen LogP contribution is 2.19. The molecule has 2 heterocycles.